The predicted molar refractivity (Wildman–Crippen MR) is 49.5 cm³/mol. The third-order valence-electron chi connectivity index (χ3n) is 1.21. The van der Waals surface area contributed by atoms with Gasteiger partial charge in [0, 0.05) is 12.5 Å². The first-order chi connectivity index (χ1) is 5.16. The Labute approximate surface area is 70.2 Å². The molecule has 68 valence electrons. The van der Waals surface area contributed by atoms with Gasteiger partial charge in [-0.25, -0.2) is 0 Å². The SMILES string of the molecule is CC.CCCC(N)CC(C)=O. The second-order valence-electron chi connectivity index (χ2n) is 2.45. The van der Waals surface area contributed by atoms with Crippen LogP contribution in [-0.4, -0.2) is 11.8 Å². The van der Waals surface area contributed by atoms with E-state index >= 15 is 0 Å². The van der Waals surface area contributed by atoms with Gasteiger partial charge < -0.3 is 5.73 Å². The molecule has 0 saturated heterocycles. The van der Waals surface area contributed by atoms with Crippen molar-refractivity contribution in [2.45, 2.75) is 53.0 Å². The van der Waals surface area contributed by atoms with Crippen LogP contribution in [0.5, 0.6) is 0 Å². The molecule has 0 fully saturated rings. The van der Waals surface area contributed by atoms with E-state index < -0.39 is 0 Å². The van der Waals surface area contributed by atoms with E-state index in [-0.39, 0.29) is 11.8 Å². The second kappa shape index (κ2) is 9.63. The van der Waals surface area contributed by atoms with Crippen LogP contribution in [0.4, 0.5) is 0 Å². The fourth-order valence-electron chi connectivity index (χ4n) is 0.842. The molecule has 0 rings (SSSR count). The van der Waals surface area contributed by atoms with E-state index in [0.717, 1.165) is 12.8 Å². The largest absolute Gasteiger partial charge is 0.327 e. The van der Waals surface area contributed by atoms with Crippen LogP contribution >= 0.6 is 0 Å². The Kier molecular flexibility index (Phi) is 11.6. The highest BCUT2D eigenvalue weighted by Crippen LogP contribution is 1.97. The first kappa shape index (κ1) is 13.2. The van der Waals surface area contributed by atoms with Gasteiger partial charge in [0.1, 0.15) is 5.78 Å². The zero-order valence-electron chi connectivity index (χ0n) is 8.18. The zero-order valence-corrected chi connectivity index (χ0v) is 8.18. The van der Waals surface area contributed by atoms with E-state index in [4.69, 9.17) is 5.73 Å². The summed E-state index contributed by atoms with van der Waals surface area (Å²) < 4.78 is 0. The molecular weight excluding hydrogens is 138 g/mol. The molecule has 0 aliphatic heterocycles. The average Bonchev–Trinajstić information content (AvgIpc) is 1.91. The summed E-state index contributed by atoms with van der Waals surface area (Å²) in [5, 5.41) is 0. The van der Waals surface area contributed by atoms with Crippen LogP contribution in [0.15, 0.2) is 0 Å². The van der Waals surface area contributed by atoms with Crippen LogP contribution in [0, 0.1) is 0 Å². The molecule has 1 unspecified atom stereocenters. The van der Waals surface area contributed by atoms with Gasteiger partial charge >= 0.3 is 0 Å². The summed E-state index contributed by atoms with van der Waals surface area (Å²) >= 11 is 0. The van der Waals surface area contributed by atoms with Gasteiger partial charge in [-0.1, -0.05) is 27.2 Å². The van der Waals surface area contributed by atoms with Gasteiger partial charge in [0.2, 0.25) is 0 Å². The van der Waals surface area contributed by atoms with Crippen molar-refractivity contribution in [3.63, 3.8) is 0 Å². The second-order valence-corrected chi connectivity index (χ2v) is 2.45. The van der Waals surface area contributed by atoms with E-state index in [9.17, 15) is 4.79 Å². The number of hydrogen-bond acceptors (Lipinski definition) is 2. The Morgan fingerprint density at radius 3 is 2.18 bits per heavy atom. The summed E-state index contributed by atoms with van der Waals surface area (Å²) in [7, 11) is 0. The summed E-state index contributed by atoms with van der Waals surface area (Å²) in [5.74, 6) is 0.191. The smallest absolute Gasteiger partial charge is 0.131 e. The molecule has 0 aliphatic rings. The highest BCUT2D eigenvalue weighted by Gasteiger charge is 2.02. The minimum atomic E-state index is 0.0903. The third-order valence-corrected chi connectivity index (χ3v) is 1.21. The van der Waals surface area contributed by atoms with Gasteiger partial charge in [0.05, 0.1) is 0 Å². The Morgan fingerprint density at radius 1 is 1.45 bits per heavy atom. The van der Waals surface area contributed by atoms with Gasteiger partial charge in [0.15, 0.2) is 0 Å². The topological polar surface area (TPSA) is 43.1 Å². The lowest BCUT2D eigenvalue weighted by Crippen LogP contribution is -2.22. The molecular formula is C9H21NO. The fraction of sp³-hybridized carbons (Fsp3) is 0.889. The van der Waals surface area contributed by atoms with Gasteiger partial charge in [-0.15, -0.1) is 0 Å². The standard InChI is InChI=1S/C7H15NO.C2H6/c1-3-4-7(8)5-6(2)9;1-2/h7H,3-5,8H2,1-2H3;1-2H3. The Balaban J connectivity index is 0. The molecule has 0 bridgehead atoms. The summed E-state index contributed by atoms with van der Waals surface area (Å²) in [6.07, 6.45) is 2.56. The molecule has 0 saturated carbocycles. The molecule has 0 spiro atoms. The summed E-state index contributed by atoms with van der Waals surface area (Å²) in [6, 6.07) is 0.0903. The Hall–Kier alpha value is -0.370. The lowest BCUT2D eigenvalue weighted by Gasteiger charge is -2.05. The van der Waals surface area contributed by atoms with Crippen molar-refractivity contribution in [2.75, 3.05) is 0 Å². The molecule has 2 N–H and O–H groups in total. The van der Waals surface area contributed by atoms with Crippen molar-refractivity contribution in [3.05, 3.63) is 0 Å². The first-order valence-electron chi connectivity index (χ1n) is 4.41. The number of Topliss-reactive ketones (excluding diaryl/α,β-unsaturated/α-hetero) is 1. The van der Waals surface area contributed by atoms with Crippen molar-refractivity contribution < 1.29 is 4.79 Å². The van der Waals surface area contributed by atoms with Gasteiger partial charge in [-0.2, -0.15) is 0 Å². The molecule has 0 aliphatic carbocycles. The van der Waals surface area contributed by atoms with Crippen LogP contribution in [-0.2, 0) is 4.79 Å². The number of rotatable bonds is 4. The van der Waals surface area contributed by atoms with Crippen molar-refractivity contribution >= 4 is 5.78 Å². The van der Waals surface area contributed by atoms with Crippen LogP contribution in [0.2, 0.25) is 0 Å². The number of ketones is 1. The Bertz CT molecular complexity index is 91.6. The van der Waals surface area contributed by atoms with Crippen molar-refractivity contribution in [1.82, 2.24) is 0 Å². The van der Waals surface area contributed by atoms with E-state index in [1.807, 2.05) is 13.8 Å². The van der Waals surface area contributed by atoms with E-state index in [2.05, 4.69) is 6.92 Å². The summed E-state index contributed by atoms with van der Waals surface area (Å²) in [4.78, 5) is 10.4. The zero-order chi connectivity index (χ0) is 9.28. The number of carbonyl (C=O) groups is 1. The third kappa shape index (κ3) is 12.8. The van der Waals surface area contributed by atoms with Crippen LogP contribution in [0.25, 0.3) is 0 Å². The van der Waals surface area contributed by atoms with Gasteiger partial charge in [-0.05, 0) is 13.3 Å². The Morgan fingerprint density at radius 2 is 1.91 bits per heavy atom. The van der Waals surface area contributed by atoms with Crippen LogP contribution in [0.3, 0.4) is 0 Å². The number of hydrogen-bond donors (Lipinski definition) is 1. The quantitative estimate of drug-likeness (QED) is 0.682. The molecule has 1 atom stereocenters. The van der Waals surface area contributed by atoms with E-state index in [1.54, 1.807) is 6.92 Å². The molecule has 0 amide bonds. The molecule has 0 aromatic rings. The van der Waals surface area contributed by atoms with E-state index in [0.29, 0.717) is 6.42 Å². The highest BCUT2D eigenvalue weighted by molar-refractivity contribution is 5.76. The minimum Gasteiger partial charge on any atom is -0.327 e. The summed E-state index contributed by atoms with van der Waals surface area (Å²) in [6.45, 7) is 7.65. The number of nitrogens with two attached hydrogens (primary N) is 1. The maximum atomic E-state index is 10.4. The molecule has 2 heteroatoms. The van der Waals surface area contributed by atoms with E-state index in [1.165, 1.54) is 0 Å². The predicted octanol–water partition coefficient (Wildman–Crippen LogP) is 2.12. The minimum absolute atomic E-state index is 0.0903. The van der Waals surface area contributed by atoms with Gasteiger partial charge in [0.25, 0.3) is 0 Å². The molecule has 11 heavy (non-hydrogen) atoms. The van der Waals surface area contributed by atoms with Crippen LogP contribution in [0.1, 0.15) is 47.0 Å². The lowest BCUT2D eigenvalue weighted by atomic mass is 10.1. The maximum Gasteiger partial charge on any atom is 0.131 e. The first-order valence-corrected chi connectivity index (χ1v) is 4.41. The average molecular weight is 159 g/mol. The van der Waals surface area contributed by atoms with Crippen molar-refractivity contribution in [2.24, 2.45) is 5.73 Å². The molecule has 0 radical (unpaired) electrons. The molecule has 0 heterocycles. The van der Waals surface area contributed by atoms with Crippen molar-refractivity contribution in [1.29, 1.82) is 0 Å². The monoisotopic (exact) mass is 159 g/mol. The number of carbonyl (C=O) groups excluding carboxylic acids is 1. The molecule has 0 aromatic heterocycles. The molecule has 2 nitrogen and oxygen atoms in total. The fourth-order valence-corrected chi connectivity index (χ4v) is 0.842. The summed E-state index contributed by atoms with van der Waals surface area (Å²) in [5.41, 5.74) is 5.56. The molecule has 0 aromatic carbocycles. The van der Waals surface area contributed by atoms with Crippen LogP contribution < -0.4 is 5.73 Å². The van der Waals surface area contributed by atoms with Crippen molar-refractivity contribution in [3.8, 4) is 0 Å². The maximum absolute atomic E-state index is 10.4. The highest BCUT2D eigenvalue weighted by atomic mass is 16.1. The lowest BCUT2D eigenvalue weighted by molar-refractivity contribution is -0.117. The normalized spacial score (nSPS) is 11.4. The van der Waals surface area contributed by atoms with Gasteiger partial charge in [-0.3, -0.25) is 4.79 Å².